The summed E-state index contributed by atoms with van der Waals surface area (Å²) < 4.78 is 11.1. The van der Waals surface area contributed by atoms with Crippen LogP contribution in [-0.2, 0) is 11.3 Å². The Morgan fingerprint density at radius 3 is 2.73 bits per heavy atom. The third kappa shape index (κ3) is 3.75. The molecule has 1 aliphatic carbocycles. The normalized spacial score (nSPS) is 20.6. The zero-order valence-corrected chi connectivity index (χ0v) is 15.4. The standard InChI is InChI=1S/C20H28N2O4/c1-2-3-16(23)12-21-7-6-20(24)22(10-14-4-5-14)11-15-8-18-19(9-17(15)21)26-13-25-18/h8-9,14,16,23H,2-7,10-13H2,1H3. The van der Waals surface area contributed by atoms with Crippen LogP contribution >= 0.6 is 0 Å². The minimum Gasteiger partial charge on any atom is -0.454 e. The lowest BCUT2D eigenvalue weighted by Crippen LogP contribution is -2.41. The van der Waals surface area contributed by atoms with Crippen LogP contribution in [0.5, 0.6) is 11.5 Å². The molecule has 1 saturated carbocycles. The van der Waals surface area contributed by atoms with Gasteiger partial charge >= 0.3 is 0 Å². The molecule has 1 N–H and O–H groups in total. The average Bonchev–Trinajstić information content (AvgIpc) is 3.31. The summed E-state index contributed by atoms with van der Waals surface area (Å²) in [5.41, 5.74) is 2.13. The molecule has 1 aromatic rings. The molecule has 6 heteroatoms. The number of nitrogens with zero attached hydrogens (tertiary/aromatic N) is 2. The average molecular weight is 360 g/mol. The molecule has 3 aliphatic rings. The van der Waals surface area contributed by atoms with Crippen LogP contribution in [0.4, 0.5) is 5.69 Å². The van der Waals surface area contributed by atoms with Gasteiger partial charge in [0.1, 0.15) is 0 Å². The van der Waals surface area contributed by atoms with Crippen molar-refractivity contribution >= 4 is 11.6 Å². The van der Waals surface area contributed by atoms with Crippen molar-refractivity contribution in [2.75, 3.05) is 31.3 Å². The second kappa shape index (κ2) is 7.35. The number of ether oxygens (including phenoxy) is 2. The maximum Gasteiger partial charge on any atom is 0.231 e. The summed E-state index contributed by atoms with van der Waals surface area (Å²) in [6, 6.07) is 4.02. The molecule has 1 atom stereocenters. The molecule has 142 valence electrons. The Morgan fingerprint density at radius 2 is 2.00 bits per heavy atom. The predicted molar refractivity (Wildman–Crippen MR) is 98.5 cm³/mol. The number of hydrogen-bond donors (Lipinski definition) is 1. The third-order valence-electron chi connectivity index (χ3n) is 5.45. The second-order valence-corrected chi connectivity index (χ2v) is 7.69. The van der Waals surface area contributed by atoms with E-state index in [-0.39, 0.29) is 12.7 Å². The van der Waals surface area contributed by atoms with Gasteiger partial charge in [-0.1, -0.05) is 13.3 Å². The zero-order chi connectivity index (χ0) is 18.1. The third-order valence-corrected chi connectivity index (χ3v) is 5.45. The van der Waals surface area contributed by atoms with Crippen molar-refractivity contribution < 1.29 is 19.4 Å². The maximum atomic E-state index is 12.7. The van der Waals surface area contributed by atoms with E-state index in [1.807, 2.05) is 17.0 Å². The van der Waals surface area contributed by atoms with Crippen LogP contribution in [0.3, 0.4) is 0 Å². The second-order valence-electron chi connectivity index (χ2n) is 7.69. The highest BCUT2D eigenvalue weighted by Crippen LogP contribution is 2.40. The van der Waals surface area contributed by atoms with E-state index in [4.69, 9.17) is 9.47 Å². The fourth-order valence-corrected chi connectivity index (χ4v) is 3.84. The molecule has 0 bridgehead atoms. The van der Waals surface area contributed by atoms with E-state index < -0.39 is 6.10 Å². The molecule has 1 fully saturated rings. The topological polar surface area (TPSA) is 62.2 Å². The SMILES string of the molecule is CCCC(O)CN1CCC(=O)N(CC2CC2)Cc2cc3c(cc21)OCO3. The van der Waals surface area contributed by atoms with Gasteiger partial charge in [0.05, 0.1) is 6.10 Å². The summed E-state index contributed by atoms with van der Waals surface area (Å²) in [4.78, 5) is 16.9. The molecule has 1 unspecified atom stereocenters. The number of carbonyl (C=O) groups excluding carboxylic acids is 1. The lowest BCUT2D eigenvalue weighted by atomic mass is 10.1. The lowest BCUT2D eigenvalue weighted by Gasteiger charge is -2.34. The van der Waals surface area contributed by atoms with Crippen LogP contribution in [0.15, 0.2) is 12.1 Å². The Kier molecular flexibility index (Phi) is 4.94. The molecular formula is C20H28N2O4. The van der Waals surface area contributed by atoms with Crippen molar-refractivity contribution in [2.45, 2.75) is 51.7 Å². The van der Waals surface area contributed by atoms with Crippen LogP contribution in [0.1, 0.15) is 44.6 Å². The Hall–Kier alpha value is -1.95. The van der Waals surface area contributed by atoms with E-state index in [0.29, 0.717) is 32.0 Å². The van der Waals surface area contributed by atoms with Crippen LogP contribution in [-0.4, -0.2) is 48.4 Å². The molecule has 0 saturated heterocycles. The number of anilines is 1. The summed E-state index contributed by atoms with van der Waals surface area (Å²) in [6.07, 6.45) is 4.25. The Morgan fingerprint density at radius 1 is 1.23 bits per heavy atom. The number of aliphatic hydroxyl groups excluding tert-OH is 1. The molecular weight excluding hydrogens is 332 g/mol. The van der Waals surface area contributed by atoms with E-state index in [9.17, 15) is 9.90 Å². The molecule has 26 heavy (non-hydrogen) atoms. The van der Waals surface area contributed by atoms with Gasteiger partial charge in [-0.3, -0.25) is 4.79 Å². The number of aliphatic hydroxyl groups is 1. The summed E-state index contributed by atoms with van der Waals surface area (Å²) in [6.45, 7) is 4.92. The summed E-state index contributed by atoms with van der Waals surface area (Å²) >= 11 is 0. The van der Waals surface area contributed by atoms with Crippen molar-refractivity contribution in [1.82, 2.24) is 4.90 Å². The first-order valence-electron chi connectivity index (χ1n) is 9.77. The van der Waals surface area contributed by atoms with E-state index in [0.717, 1.165) is 42.1 Å². The number of rotatable bonds is 6. The first-order valence-corrected chi connectivity index (χ1v) is 9.77. The van der Waals surface area contributed by atoms with Crippen molar-refractivity contribution in [3.05, 3.63) is 17.7 Å². The van der Waals surface area contributed by atoms with Crippen molar-refractivity contribution in [3.63, 3.8) is 0 Å². The first-order chi connectivity index (χ1) is 12.6. The maximum absolute atomic E-state index is 12.7. The van der Waals surface area contributed by atoms with Crippen molar-refractivity contribution in [1.29, 1.82) is 0 Å². The van der Waals surface area contributed by atoms with Gasteiger partial charge in [0.2, 0.25) is 12.7 Å². The fraction of sp³-hybridized carbons (Fsp3) is 0.650. The van der Waals surface area contributed by atoms with E-state index in [1.54, 1.807) is 0 Å². The Labute approximate surface area is 154 Å². The molecule has 0 radical (unpaired) electrons. The van der Waals surface area contributed by atoms with Gasteiger partial charge in [-0.2, -0.15) is 0 Å². The van der Waals surface area contributed by atoms with Crippen molar-refractivity contribution in [3.8, 4) is 11.5 Å². The molecule has 0 aromatic heterocycles. The first kappa shape index (κ1) is 17.5. The molecule has 4 rings (SSSR count). The van der Waals surface area contributed by atoms with Gasteiger partial charge in [0.15, 0.2) is 11.5 Å². The number of fused-ring (bicyclic) bond motifs is 2. The van der Waals surface area contributed by atoms with Gasteiger partial charge in [0, 0.05) is 44.4 Å². The fourth-order valence-electron chi connectivity index (χ4n) is 3.84. The number of amides is 1. The Balaban J connectivity index is 1.64. The van der Waals surface area contributed by atoms with Crippen molar-refractivity contribution in [2.24, 2.45) is 5.92 Å². The lowest BCUT2D eigenvalue weighted by molar-refractivity contribution is -0.132. The largest absolute Gasteiger partial charge is 0.454 e. The smallest absolute Gasteiger partial charge is 0.231 e. The molecule has 2 aliphatic heterocycles. The molecule has 2 heterocycles. The van der Waals surface area contributed by atoms with Crippen LogP contribution in [0.25, 0.3) is 0 Å². The highest BCUT2D eigenvalue weighted by molar-refractivity contribution is 5.78. The highest BCUT2D eigenvalue weighted by atomic mass is 16.7. The van der Waals surface area contributed by atoms with Crippen LogP contribution < -0.4 is 14.4 Å². The molecule has 0 spiro atoms. The minimum atomic E-state index is -0.393. The minimum absolute atomic E-state index is 0.204. The summed E-state index contributed by atoms with van der Waals surface area (Å²) in [5.74, 6) is 2.37. The highest BCUT2D eigenvalue weighted by Gasteiger charge is 2.31. The van der Waals surface area contributed by atoms with Gasteiger partial charge < -0.3 is 24.4 Å². The van der Waals surface area contributed by atoms with Crippen LogP contribution in [0, 0.1) is 5.92 Å². The quantitative estimate of drug-likeness (QED) is 0.845. The summed E-state index contributed by atoms with van der Waals surface area (Å²) in [7, 11) is 0. The van der Waals surface area contributed by atoms with Gasteiger partial charge in [-0.25, -0.2) is 0 Å². The van der Waals surface area contributed by atoms with Crippen LogP contribution in [0.2, 0.25) is 0 Å². The number of hydrogen-bond acceptors (Lipinski definition) is 5. The number of β-amino-alcohol motifs (C(OH)–C–C–N with tert-alkyl or cyclic N) is 1. The monoisotopic (exact) mass is 360 g/mol. The van der Waals surface area contributed by atoms with E-state index >= 15 is 0 Å². The van der Waals surface area contributed by atoms with E-state index in [2.05, 4.69) is 11.8 Å². The molecule has 6 nitrogen and oxygen atoms in total. The van der Waals surface area contributed by atoms with E-state index in [1.165, 1.54) is 12.8 Å². The Bertz CT molecular complexity index is 674. The zero-order valence-electron chi connectivity index (χ0n) is 15.4. The number of benzene rings is 1. The number of carbonyl (C=O) groups is 1. The van der Waals surface area contributed by atoms with Gasteiger partial charge in [0.25, 0.3) is 0 Å². The van der Waals surface area contributed by atoms with Gasteiger partial charge in [-0.15, -0.1) is 0 Å². The molecule has 1 aromatic carbocycles. The predicted octanol–water partition coefficient (Wildman–Crippen LogP) is 2.53. The molecule has 1 amide bonds. The van der Waals surface area contributed by atoms with Gasteiger partial charge in [-0.05, 0) is 36.8 Å². The summed E-state index contributed by atoms with van der Waals surface area (Å²) in [5, 5.41) is 10.3.